The van der Waals surface area contributed by atoms with Gasteiger partial charge in [-0.3, -0.25) is 9.59 Å². The number of likely N-dealkylation sites (N-methyl/N-ethyl adjacent to an activating group) is 1. The standard InChI is InChI=1S/C14H19N3O2S/c1-9(2)16-12(18)8-17(3)14(19)11-6-4-5-10(7-11)13(15)20/h4-7,9H,8H2,1-3H3,(H2,15,20)(H,16,18). The molecule has 1 aromatic carbocycles. The first-order valence-corrected chi connectivity index (χ1v) is 6.66. The van der Waals surface area contributed by atoms with Gasteiger partial charge in [0.25, 0.3) is 5.91 Å². The summed E-state index contributed by atoms with van der Waals surface area (Å²) in [5.74, 6) is -0.441. The molecule has 108 valence electrons. The van der Waals surface area contributed by atoms with Gasteiger partial charge in [-0.2, -0.15) is 0 Å². The topological polar surface area (TPSA) is 75.4 Å². The SMILES string of the molecule is CC(C)NC(=O)CN(C)C(=O)c1cccc(C(N)=S)c1. The number of nitrogens with zero attached hydrogens (tertiary/aromatic N) is 1. The van der Waals surface area contributed by atoms with E-state index in [4.69, 9.17) is 18.0 Å². The van der Waals surface area contributed by atoms with Crippen LogP contribution in [0.15, 0.2) is 24.3 Å². The molecule has 0 unspecified atom stereocenters. The van der Waals surface area contributed by atoms with Crippen LogP contribution in [-0.4, -0.2) is 41.3 Å². The Morgan fingerprint density at radius 2 is 1.95 bits per heavy atom. The van der Waals surface area contributed by atoms with Gasteiger partial charge in [0, 0.05) is 24.2 Å². The normalized spacial score (nSPS) is 10.2. The Labute approximate surface area is 124 Å². The third kappa shape index (κ3) is 4.62. The highest BCUT2D eigenvalue weighted by Gasteiger charge is 2.15. The fourth-order valence-corrected chi connectivity index (χ4v) is 1.81. The molecule has 6 heteroatoms. The van der Waals surface area contributed by atoms with Crippen LogP contribution in [0.1, 0.15) is 29.8 Å². The molecule has 0 aliphatic heterocycles. The molecule has 1 aromatic rings. The minimum Gasteiger partial charge on any atom is -0.389 e. The van der Waals surface area contributed by atoms with Crippen molar-refractivity contribution in [3.8, 4) is 0 Å². The van der Waals surface area contributed by atoms with Crippen molar-refractivity contribution >= 4 is 29.0 Å². The maximum Gasteiger partial charge on any atom is 0.254 e. The predicted molar refractivity (Wildman–Crippen MR) is 82.6 cm³/mol. The highest BCUT2D eigenvalue weighted by atomic mass is 32.1. The van der Waals surface area contributed by atoms with E-state index in [9.17, 15) is 9.59 Å². The van der Waals surface area contributed by atoms with Crippen LogP contribution in [0.25, 0.3) is 0 Å². The van der Waals surface area contributed by atoms with Crippen LogP contribution in [0.3, 0.4) is 0 Å². The van der Waals surface area contributed by atoms with Gasteiger partial charge in [-0.15, -0.1) is 0 Å². The Bertz CT molecular complexity index is 529. The van der Waals surface area contributed by atoms with E-state index in [2.05, 4.69) is 5.32 Å². The first kappa shape index (κ1) is 16.1. The Morgan fingerprint density at radius 3 is 2.50 bits per heavy atom. The van der Waals surface area contributed by atoms with Crippen LogP contribution in [0, 0.1) is 0 Å². The van der Waals surface area contributed by atoms with Crippen LogP contribution < -0.4 is 11.1 Å². The second kappa shape index (κ2) is 7.00. The molecular weight excluding hydrogens is 274 g/mol. The molecule has 0 spiro atoms. The molecule has 0 atom stereocenters. The number of carbonyl (C=O) groups is 2. The Kier molecular flexibility index (Phi) is 5.64. The molecule has 3 N–H and O–H groups in total. The number of hydrogen-bond donors (Lipinski definition) is 2. The first-order chi connectivity index (χ1) is 9.31. The summed E-state index contributed by atoms with van der Waals surface area (Å²) < 4.78 is 0. The summed E-state index contributed by atoms with van der Waals surface area (Å²) in [5.41, 5.74) is 6.62. The van der Waals surface area contributed by atoms with Gasteiger partial charge < -0.3 is 16.0 Å². The van der Waals surface area contributed by atoms with Gasteiger partial charge in [-0.1, -0.05) is 24.4 Å². The number of amides is 2. The monoisotopic (exact) mass is 293 g/mol. The third-order valence-electron chi connectivity index (χ3n) is 2.57. The van der Waals surface area contributed by atoms with Gasteiger partial charge in [0.1, 0.15) is 4.99 Å². The summed E-state index contributed by atoms with van der Waals surface area (Å²) in [4.78, 5) is 25.4. The zero-order chi connectivity index (χ0) is 15.3. The quantitative estimate of drug-likeness (QED) is 0.792. The summed E-state index contributed by atoms with van der Waals surface area (Å²) in [7, 11) is 1.58. The number of nitrogens with two attached hydrogens (primary N) is 1. The first-order valence-electron chi connectivity index (χ1n) is 6.26. The number of hydrogen-bond acceptors (Lipinski definition) is 3. The van der Waals surface area contributed by atoms with Crippen LogP contribution in [0.5, 0.6) is 0 Å². The molecule has 0 aliphatic carbocycles. The largest absolute Gasteiger partial charge is 0.389 e. The zero-order valence-corrected chi connectivity index (χ0v) is 12.7. The number of benzene rings is 1. The van der Waals surface area contributed by atoms with Gasteiger partial charge >= 0.3 is 0 Å². The molecule has 2 amide bonds. The summed E-state index contributed by atoms with van der Waals surface area (Å²) >= 11 is 4.88. The van der Waals surface area contributed by atoms with Gasteiger partial charge in [-0.05, 0) is 26.0 Å². The molecule has 0 aliphatic rings. The molecule has 20 heavy (non-hydrogen) atoms. The maximum atomic E-state index is 12.2. The smallest absolute Gasteiger partial charge is 0.254 e. The summed E-state index contributed by atoms with van der Waals surface area (Å²) in [6.45, 7) is 3.74. The maximum absolute atomic E-state index is 12.2. The van der Waals surface area contributed by atoms with E-state index in [0.717, 1.165) is 0 Å². The minimum absolute atomic E-state index is 0.00825. The molecule has 0 fully saturated rings. The molecule has 0 saturated heterocycles. The molecule has 0 aromatic heterocycles. The van der Waals surface area contributed by atoms with E-state index in [1.54, 1.807) is 31.3 Å². The number of carbonyl (C=O) groups excluding carboxylic acids is 2. The zero-order valence-electron chi connectivity index (χ0n) is 11.8. The van der Waals surface area contributed by atoms with Gasteiger partial charge in [0.2, 0.25) is 5.91 Å². The summed E-state index contributed by atoms with van der Waals surface area (Å²) in [6, 6.07) is 6.79. The average molecular weight is 293 g/mol. The fraction of sp³-hybridized carbons (Fsp3) is 0.357. The van der Waals surface area contributed by atoms with Crippen molar-refractivity contribution in [1.29, 1.82) is 0 Å². The average Bonchev–Trinajstić information content (AvgIpc) is 2.36. The molecule has 5 nitrogen and oxygen atoms in total. The van der Waals surface area contributed by atoms with E-state index >= 15 is 0 Å². The third-order valence-corrected chi connectivity index (χ3v) is 2.81. The van der Waals surface area contributed by atoms with Crippen molar-refractivity contribution in [3.63, 3.8) is 0 Å². The Hall–Kier alpha value is -1.95. The molecule has 0 heterocycles. The van der Waals surface area contributed by atoms with Crippen molar-refractivity contribution in [1.82, 2.24) is 10.2 Å². The van der Waals surface area contributed by atoms with Crippen LogP contribution in [0.2, 0.25) is 0 Å². The highest BCUT2D eigenvalue weighted by molar-refractivity contribution is 7.80. The van der Waals surface area contributed by atoms with Crippen molar-refractivity contribution in [2.75, 3.05) is 13.6 Å². The van der Waals surface area contributed by atoms with Crippen molar-refractivity contribution in [2.24, 2.45) is 5.73 Å². The van der Waals surface area contributed by atoms with E-state index in [1.165, 1.54) is 4.90 Å². The molecule has 1 rings (SSSR count). The van der Waals surface area contributed by atoms with Crippen molar-refractivity contribution in [3.05, 3.63) is 35.4 Å². The molecule has 0 bridgehead atoms. The number of nitrogens with one attached hydrogen (secondary N) is 1. The lowest BCUT2D eigenvalue weighted by molar-refractivity contribution is -0.122. The van der Waals surface area contributed by atoms with Crippen molar-refractivity contribution < 1.29 is 9.59 Å². The summed E-state index contributed by atoms with van der Waals surface area (Å²) in [5, 5.41) is 2.74. The second-order valence-electron chi connectivity index (χ2n) is 4.83. The van der Waals surface area contributed by atoms with Crippen LogP contribution >= 0.6 is 12.2 Å². The molecule has 0 radical (unpaired) electrons. The van der Waals surface area contributed by atoms with Gasteiger partial charge in [0.15, 0.2) is 0 Å². The molecule has 0 saturated carbocycles. The minimum atomic E-state index is -0.248. The lowest BCUT2D eigenvalue weighted by atomic mass is 10.1. The second-order valence-corrected chi connectivity index (χ2v) is 5.27. The van der Waals surface area contributed by atoms with Gasteiger partial charge in [-0.25, -0.2) is 0 Å². The van der Waals surface area contributed by atoms with E-state index in [0.29, 0.717) is 11.1 Å². The number of rotatable bonds is 5. The lowest BCUT2D eigenvalue weighted by Gasteiger charge is -2.18. The fourth-order valence-electron chi connectivity index (χ4n) is 1.68. The number of thiocarbonyl (C=S) groups is 1. The van der Waals surface area contributed by atoms with E-state index in [1.807, 2.05) is 13.8 Å². The van der Waals surface area contributed by atoms with Crippen LogP contribution in [-0.2, 0) is 4.79 Å². The van der Waals surface area contributed by atoms with Gasteiger partial charge in [0.05, 0.1) is 6.54 Å². The Morgan fingerprint density at radius 1 is 1.35 bits per heavy atom. The summed E-state index contributed by atoms with van der Waals surface area (Å²) in [6.07, 6.45) is 0. The van der Waals surface area contributed by atoms with Crippen molar-refractivity contribution in [2.45, 2.75) is 19.9 Å². The van der Waals surface area contributed by atoms with E-state index in [-0.39, 0.29) is 29.4 Å². The van der Waals surface area contributed by atoms with E-state index < -0.39 is 0 Å². The lowest BCUT2D eigenvalue weighted by Crippen LogP contribution is -2.40. The highest BCUT2D eigenvalue weighted by Crippen LogP contribution is 2.08. The van der Waals surface area contributed by atoms with Crippen LogP contribution in [0.4, 0.5) is 0 Å². The molecular formula is C14H19N3O2S. The predicted octanol–water partition coefficient (Wildman–Crippen LogP) is 0.917. The Balaban J connectivity index is 2.76.